The molecule has 5 heteroatoms. The van der Waals surface area contributed by atoms with Crippen molar-refractivity contribution in [3.05, 3.63) is 57.8 Å². The van der Waals surface area contributed by atoms with Gasteiger partial charge in [0, 0.05) is 11.9 Å². The molecule has 0 aliphatic rings. The van der Waals surface area contributed by atoms with Crippen LogP contribution in [0.5, 0.6) is 0 Å². The average Bonchev–Trinajstić information content (AvgIpc) is 2.89. The highest BCUT2D eigenvalue weighted by atomic mass is 32.1. The summed E-state index contributed by atoms with van der Waals surface area (Å²) in [6.07, 6.45) is 0. The number of carboxylic acids is 1. The number of anilines is 1. The first-order chi connectivity index (χ1) is 10.1. The van der Waals surface area contributed by atoms with E-state index in [0.29, 0.717) is 17.4 Å². The predicted molar refractivity (Wildman–Crippen MR) is 85.1 cm³/mol. The van der Waals surface area contributed by atoms with Gasteiger partial charge in [0.15, 0.2) is 0 Å². The first kappa shape index (κ1) is 13.6. The number of hydrogen-bond acceptors (Lipinski definition) is 4. The third kappa shape index (κ3) is 2.73. The van der Waals surface area contributed by atoms with Gasteiger partial charge in [0.1, 0.15) is 5.82 Å². The number of pyridine rings is 1. The second-order valence-electron chi connectivity index (χ2n) is 4.81. The Morgan fingerprint density at radius 1 is 1.29 bits per heavy atom. The standard InChI is InChI=1S/C16H14N2O2S/c1-10-8-21-9-11(10)7-17-15-6-5-12-13(16(19)20)3-2-4-14(12)18-15/h2-6,8-9H,7H2,1H3,(H,17,18)(H,19,20). The van der Waals surface area contributed by atoms with Crippen LogP contribution in [-0.4, -0.2) is 16.1 Å². The summed E-state index contributed by atoms with van der Waals surface area (Å²) in [7, 11) is 0. The van der Waals surface area contributed by atoms with E-state index in [1.165, 1.54) is 11.1 Å². The molecule has 0 aliphatic carbocycles. The highest BCUT2D eigenvalue weighted by molar-refractivity contribution is 7.08. The summed E-state index contributed by atoms with van der Waals surface area (Å²) in [4.78, 5) is 15.7. The topological polar surface area (TPSA) is 62.2 Å². The van der Waals surface area contributed by atoms with Crippen molar-refractivity contribution >= 4 is 34.0 Å². The van der Waals surface area contributed by atoms with E-state index in [1.54, 1.807) is 29.5 Å². The number of hydrogen-bond donors (Lipinski definition) is 2. The number of rotatable bonds is 4. The zero-order valence-electron chi connectivity index (χ0n) is 11.5. The highest BCUT2D eigenvalue weighted by Gasteiger charge is 2.09. The van der Waals surface area contributed by atoms with E-state index in [1.807, 2.05) is 12.1 Å². The van der Waals surface area contributed by atoms with Crippen molar-refractivity contribution in [2.75, 3.05) is 5.32 Å². The van der Waals surface area contributed by atoms with E-state index in [-0.39, 0.29) is 5.56 Å². The van der Waals surface area contributed by atoms with E-state index in [9.17, 15) is 4.79 Å². The second-order valence-corrected chi connectivity index (χ2v) is 5.55. The largest absolute Gasteiger partial charge is 0.478 e. The minimum absolute atomic E-state index is 0.278. The maximum Gasteiger partial charge on any atom is 0.336 e. The number of carboxylic acid groups (broad SMARTS) is 1. The van der Waals surface area contributed by atoms with Crippen molar-refractivity contribution in [3.8, 4) is 0 Å². The molecule has 0 saturated carbocycles. The summed E-state index contributed by atoms with van der Waals surface area (Å²) in [6, 6.07) is 8.74. The van der Waals surface area contributed by atoms with Gasteiger partial charge < -0.3 is 10.4 Å². The highest BCUT2D eigenvalue weighted by Crippen LogP contribution is 2.20. The number of aryl methyl sites for hydroxylation is 1. The lowest BCUT2D eigenvalue weighted by atomic mass is 10.1. The van der Waals surface area contributed by atoms with Crippen LogP contribution in [-0.2, 0) is 6.54 Å². The Morgan fingerprint density at radius 3 is 2.86 bits per heavy atom. The Kier molecular flexibility index (Phi) is 3.58. The van der Waals surface area contributed by atoms with Crippen LogP contribution in [0.25, 0.3) is 10.9 Å². The molecule has 0 aliphatic heterocycles. The van der Waals surface area contributed by atoms with Gasteiger partial charge in [-0.25, -0.2) is 9.78 Å². The van der Waals surface area contributed by atoms with Crippen molar-refractivity contribution in [2.45, 2.75) is 13.5 Å². The summed E-state index contributed by atoms with van der Waals surface area (Å²) < 4.78 is 0. The number of fused-ring (bicyclic) bond motifs is 1. The number of aromatic nitrogens is 1. The Labute approximate surface area is 126 Å². The molecule has 3 rings (SSSR count). The van der Waals surface area contributed by atoms with Crippen LogP contribution in [0.2, 0.25) is 0 Å². The van der Waals surface area contributed by atoms with Crippen LogP contribution >= 0.6 is 11.3 Å². The summed E-state index contributed by atoms with van der Waals surface area (Å²) in [5.74, 6) is -0.187. The number of thiophene rings is 1. The number of nitrogens with zero attached hydrogens (tertiary/aromatic N) is 1. The molecule has 0 saturated heterocycles. The minimum Gasteiger partial charge on any atom is -0.478 e. The Bertz CT molecular complexity index is 811. The van der Waals surface area contributed by atoms with E-state index >= 15 is 0 Å². The van der Waals surface area contributed by atoms with Gasteiger partial charge in [-0.3, -0.25) is 0 Å². The van der Waals surface area contributed by atoms with Gasteiger partial charge in [0.05, 0.1) is 11.1 Å². The molecule has 3 aromatic rings. The normalized spacial score (nSPS) is 10.7. The molecule has 0 spiro atoms. The monoisotopic (exact) mass is 298 g/mol. The fourth-order valence-corrected chi connectivity index (χ4v) is 3.05. The summed E-state index contributed by atoms with van der Waals surface area (Å²) in [5, 5.41) is 17.3. The van der Waals surface area contributed by atoms with Gasteiger partial charge in [-0.05, 0) is 53.1 Å². The third-order valence-corrected chi connectivity index (χ3v) is 4.29. The lowest BCUT2D eigenvalue weighted by Crippen LogP contribution is -2.03. The molecular formula is C16H14N2O2S. The molecule has 0 fully saturated rings. The van der Waals surface area contributed by atoms with E-state index < -0.39 is 5.97 Å². The van der Waals surface area contributed by atoms with Crippen LogP contribution in [0.3, 0.4) is 0 Å². The first-order valence-electron chi connectivity index (χ1n) is 6.54. The molecule has 21 heavy (non-hydrogen) atoms. The van der Waals surface area contributed by atoms with Crippen molar-refractivity contribution in [1.82, 2.24) is 4.98 Å². The lowest BCUT2D eigenvalue weighted by molar-refractivity contribution is 0.0699. The van der Waals surface area contributed by atoms with E-state index in [2.05, 4.69) is 28.0 Å². The quantitative estimate of drug-likeness (QED) is 0.766. The maximum atomic E-state index is 11.2. The minimum atomic E-state index is -0.933. The van der Waals surface area contributed by atoms with Gasteiger partial charge in [-0.2, -0.15) is 11.3 Å². The van der Waals surface area contributed by atoms with Gasteiger partial charge in [0.25, 0.3) is 0 Å². The fourth-order valence-electron chi connectivity index (χ4n) is 2.19. The maximum absolute atomic E-state index is 11.2. The Morgan fingerprint density at radius 2 is 2.14 bits per heavy atom. The van der Waals surface area contributed by atoms with Crippen LogP contribution in [0.1, 0.15) is 21.5 Å². The molecular weight excluding hydrogens is 284 g/mol. The molecule has 4 nitrogen and oxygen atoms in total. The van der Waals surface area contributed by atoms with Crippen LogP contribution in [0, 0.1) is 6.92 Å². The lowest BCUT2D eigenvalue weighted by Gasteiger charge is -2.08. The van der Waals surface area contributed by atoms with Gasteiger partial charge in [-0.1, -0.05) is 6.07 Å². The average molecular weight is 298 g/mol. The number of benzene rings is 1. The molecule has 0 atom stereocenters. The zero-order chi connectivity index (χ0) is 14.8. The molecule has 2 heterocycles. The van der Waals surface area contributed by atoms with Crippen molar-refractivity contribution < 1.29 is 9.90 Å². The summed E-state index contributed by atoms with van der Waals surface area (Å²) >= 11 is 1.68. The molecule has 0 unspecified atom stereocenters. The SMILES string of the molecule is Cc1cscc1CNc1ccc2c(C(=O)O)cccc2n1. The van der Waals surface area contributed by atoms with Crippen molar-refractivity contribution in [3.63, 3.8) is 0 Å². The zero-order valence-corrected chi connectivity index (χ0v) is 12.3. The van der Waals surface area contributed by atoms with Gasteiger partial charge >= 0.3 is 5.97 Å². The van der Waals surface area contributed by atoms with Crippen molar-refractivity contribution in [2.24, 2.45) is 0 Å². The fraction of sp³-hybridized carbons (Fsp3) is 0.125. The van der Waals surface area contributed by atoms with E-state index in [4.69, 9.17) is 5.11 Å². The van der Waals surface area contributed by atoms with Crippen LogP contribution in [0.4, 0.5) is 5.82 Å². The molecule has 0 bridgehead atoms. The third-order valence-electron chi connectivity index (χ3n) is 3.38. The number of carbonyl (C=O) groups is 1. The molecule has 2 aromatic heterocycles. The molecule has 0 radical (unpaired) electrons. The predicted octanol–water partition coefficient (Wildman–Crippen LogP) is 3.92. The van der Waals surface area contributed by atoms with E-state index in [0.717, 1.165) is 5.82 Å². The Balaban J connectivity index is 1.88. The van der Waals surface area contributed by atoms with Crippen LogP contribution in [0.15, 0.2) is 41.1 Å². The first-order valence-corrected chi connectivity index (χ1v) is 7.48. The molecule has 0 amide bonds. The second kappa shape index (κ2) is 5.54. The summed E-state index contributed by atoms with van der Waals surface area (Å²) in [6.45, 7) is 2.80. The van der Waals surface area contributed by atoms with Gasteiger partial charge in [-0.15, -0.1) is 0 Å². The number of aromatic carboxylic acids is 1. The van der Waals surface area contributed by atoms with Gasteiger partial charge in [0.2, 0.25) is 0 Å². The summed E-state index contributed by atoms with van der Waals surface area (Å²) in [5.41, 5.74) is 3.48. The smallest absolute Gasteiger partial charge is 0.336 e. The molecule has 2 N–H and O–H groups in total. The van der Waals surface area contributed by atoms with Crippen molar-refractivity contribution in [1.29, 1.82) is 0 Å². The van der Waals surface area contributed by atoms with Crippen LogP contribution < -0.4 is 5.32 Å². The number of nitrogens with one attached hydrogen (secondary N) is 1. The Hall–Kier alpha value is -2.40. The molecule has 1 aromatic carbocycles. The molecule has 106 valence electrons.